The van der Waals surface area contributed by atoms with Crippen molar-refractivity contribution in [3.63, 3.8) is 0 Å². The van der Waals surface area contributed by atoms with Gasteiger partial charge in [0, 0.05) is 16.7 Å². The second-order valence-corrected chi connectivity index (χ2v) is 4.76. The molecule has 1 rings (SSSR count). The number of aliphatic hydroxyl groups is 2. The predicted octanol–water partition coefficient (Wildman–Crippen LogP) is 1.54. The van der Waals surface area contributed by atoms with E-state index in [-0.39, 0.29) is 12.6 Å². The first kappa shape index (κ1) is 13.5. The number of aliphatic hydroxyl groups excluding tert-OH is 2. The molecule has 0 aliphatic carbocycles. The summed E-state index contributed by atoms with van der Waals surface area (Å²) in [5.41, 5.74) is 7.12. The van der Waals surface area contributed by atoms with Gasteiger partial charge in [-0.05, 0) is 18.1 Å². The van der Waals surface area contributed by atoms with Crippen LogP contribution in [0.2, 0.25) is 0 Å². The van der Waals surface area contributed by atoms with Gasteiger partial charge in [0.25, 0.3) is 0 Å². The molecule has 1 aromatic carbocycles. The van der Waals surface area contributed by atoms with Crippen LogP contribution in [0.4, 0.5) is 0 Å². The van der Waals surface area contributed by atoms with Gasteiger partial charge in [-0.1, -0.05) is 25.1 Å². The van der Waals surface area contributed by atoms with Crippen LogP contribution in [-0.2, 0) is 0 Å². The molecule has 0 saturated heterocycles. The smallest absolute Gasteiger partial charge is 0.0864 e. The van der Waals surface area contributed by atoms with E-state index in [4.69, 9.17) is 10.8 Å². The molecule has 0 heterocycles. The van der Waals surface area contributed by atoms with Gasteiger partial charge < -0.3 is 15.9 Å². The van der Waals surface area contributed by atoms with Crippen molar-refractivity contribution in [1.82, 2.24) is 0 Å². The quantitative estimate of drug-likeness (QED) is 0.661. The molecule has 16 heavy (non-hydrogen) atoms. The number of thioether (sulfide) groups is 1. The highest BCUT2D eigenvalue weighted by atomic mass is 32.2. The first-order valence-corrected chi connectivity index (χ1v) is 6.43. The van der Waals surface area contributed by atoms with Crippen molar-refractivity contribution >= 4 is 11.8 Å². The van der Waals surface area contributed by atoms with E-state index < -0.39 is 6.10 Å². The van der Waals surface area contributed by atoms with Crippen molar-refractivity contribution in [2.45, 2.75) is 30.4 Å². The van der Waals surface area contributed by atoms with Gasteiger partial charge >= 0.3 is 0 Å². The fourth-order valence-corrected chi connectivity index (χ4v) is 2.42. The Kier molecular flexibility index (Phi) is 5.84. The first-order valence-electron chi connectivity index (χ1n) is 5.45. The van der Waals surface area contributed by atoms with Gasteiger partial charge in [-0.15, -0.1) is 11.8 Å². The first-order chi connectivity index (χ1) is 7.69. The lowest BCUT2D eigenvalue weighted by Crippen LogP contribution is -2.15. The Hall–Kier alpha value is -0.550. The zero-order valence-corrected chi connectivity index (χ0v) is 10.3. The Morgan fingerprint density at radius 3 is 2.69 bits per heavy atom. The molecule has 0 aromatic heterocycles. The van der Waals surface area contributed by atoms with Crippen molar-refractivity contribution in [3.05, 3.63) is 29.8 Å². The molecule has 0 bridgehead atoms. The summed E-state index contributed by atoms with van der Waals surface area (Å²) in [7, 11) is 0. The van der Waals surface area contributed by atoms with E-state index in [9.17, 15) is 5.11 Å². The van der Waals surface area contributed by atoms with Gasteiger partial charge in [0.1, 0.15) is 0 Å². The summed E-state index contributed by atoms with van der Waals surface area (Å²) in [6.07, 6.45) is 0.219. The van der Waals surface area contributed by atoms with Crippen molar-refractivity contribution in [1.29, 1.82) is 0 Å². The molecule has 0 aliphatic heterocycles. The summed E-state index contributed by atoms with van der Waals surface area (Å²) in [5.74, 6) is 0.490. The van der Waals surface area contributed by atoms with Crippen molar-refractivity contribution in [3.8, 4) is 0 Å². The highest BCUT2D eigenvalue weighted by Crippen LogP contribution is 2.28. The minimum absolute atomic E-state index is 0.0370. The zero-order chi connectivity index (χ0) is 12.0. The summed E-state index contributed by atoms with van der Waals surface area (Å²) >= 11 is 1.53. The average molecular weight is 241 g/mol. The van der Waals surface area contributed by atoms with Gasteiger partial charge in [-0.3, -0.25) is 0 Å². The molecular weight excluding hydrogens is 222 g/mol. The van der Waals surface area contributed by atoms with Crippen LogP contribution in [0.3, 0.4) is 0 Å². The highest BCUT2D eigenvalue weighted by Gasteiger charge is 2.10. The molecule has 0 fully saturated rings. The minimum atomic E-state index is -0.670. The molecule has 0 aliphatic rings. The fourth-order valence-electron chi connectivity index (χ4n) is 1.38. The largest absolute Gasteiger partial charge is 0.394 e. The third kappa shape index (κ3) is 3.79. The number of nitrogens with two attached hydrogens (primary N) is 1. The van der Waals surface area contributed by atoms with Crippen LogP contribution in [0.5, 0.6) is 0 Å². The lowest BCUT2D eigenvalue weighted by molar-refractivity contribution is 0.113. The number of hydrogen-bond donors (Lipinski definition) is 3. The second-order valence-electron chi connectivity index (χ2n) is 3.70. The SMILES string of the molecule is CCC(N)c1ccccc1SCC(O)CO. The molecule has 2 unspecified atom stereocenters. The van der Waals surface area contributed by atoms with Crippen LogP contribution in [0, 0.1) is 0 Å². The standard InChI is InChI=1S/C12H19NO2S/c1-2-11(13)10-5-3-4-6-12(10)16-8-9(15)7-14/h3-6,9,11,14-15H,2,7-8,13H2,1H3. The third-order valence-electron chi connectivity index (χ3n) is 2.40. The molecule has 4 heteroatoms. The van der Waals surface area contributed by atoms with Gasteiger partial charge in [0.15, 0.2) is 0 Å². The van der Waals surface area contributed by atoms with E-state index in [1.54, 1.807) is 0 Å². The number of rotatable bonds is 6. The van der Waals surface area contributed by atoms with E-state index in [0.29, 0.717) is 5.75 Å². The Morgan fingerprint density at radius 2 is 2.06 bits per heavy atom. The van der Waals surface area contributed by atoms with Crippen LogP contribution in [-0.4, -0.2) is 28.7 Å². The maximum Gasteiger partial charge on any atom is 0.0864 e. The van der Waals surface area contributed by atoms with Crippen LogP contribution >= 0.6 is 11.8 Å². The van der Waals surface area contributed by atoms with Gasteiger partial charge in [0.2, 0.25) is 0 Å². The van der Waals surface area contributed by atoms with Crippen LogP contribution in [0.1, 0.15) is 24.9 Å². The molecule has 2 atom stereocenters. The molecule has 90 valence electrons. The zero-order valence-electron chi connectivity index (χ0n) is 9.47. The van der Waals surface area contributed by atoms with Crippen LogP contribution in [0.15, 0.2) is 29.2 Å². The van der Waals surface area contributed by atoms with Crippen molar-refractivity contribution < 1.29 is 10.2 Å². The molecule has 0 amide bonds. The van der Waals surface area contributed by atoms with E-state index in [2.05, 4.69) is 6.92 Å². The number of hydrogen-bond acceptors (Lipinski definition) is 4. The minimum Gasteiger partial charge on any atom is -0.394 e. The molecule has 4 N–H and O–H groups in total. The predicted molar refractivity (Wildman–Crippen MR) is 67.5 cm³/mol. The Bertz CT molecular complexity index is 320. The van der Waals surface area contributed by atoms with Gasteiger partial charge in [-0.2, -0.15) is 0 Å². The summed E-state index contributed by atoms with van der Waals surface area (Å²) < 4.78 is 0. The monoisotopic (exact) mass is 241 g/mol. The molecule has 0 saturated carbocycles. The van der Waals surface area contributed by atoms with Gasteiger partial charge in [-0.25, -0.2) is 0 Å². The highest BCUT2D eigenvalue weighted by molar-refractivity contribution is 7.99. The topological polar surface area (TPSA) is 66.5 Å². The Morgan fingerprint density at radius 1 is 1.38 bits per heavy atom. The lowest BCUT2D eigenvalue weighted by atomic mass is 10.1. The average Bonchev–Trinajstić information content (AvgIpc) is 2.35. The van der Waals surface area contributed by atoms with E-state index in [1.807, 2.05) is 24.3 Å². The Labute approximate surface area is 101 Å². The third-order valence-corrected chi connectivity index (χ3v) is 3.63. The molecule has 0 radical (unpaired) electrons. The maximum absolute atomic E-state index is 9.30. The lowest BCUT2D eigenvalue weighted by Gasteiger charge is -2.15. The Balaban J connectivity index is 2.71. The summed E-state index contributed by atoms with van der Waals surface area (Å²) in [6, 6.07) is 7.98. The maximum atomic E-state index is 9.30. The molecule has 3 nitrogen and oxygen atoms in total. The molecule has 1 aromatic rings. The van der Waals surface area contributed by atoms with Gasteiger partial charge in [0.05, 0.1) is 12.7 Å². The molecule has 0 spiro atoms. The van der Waals surface area contributed by atoms with Crippen molar-refractivity contribution in [2.24, 2.45) is 5.73 Å². The van der Waals surface area contributed by atoms with Crippen LogP contribution in [0.25, 0.3) is 0 Å². The van der Waals surface area contributed by atoms with E-state index in [1.165, 1.54) is 11.8 Å². The normalized spacial score (nSPS) is 14.8. The second kappa shape index (κ2) is 6.91. The number of benzene rings is 1. The van der Waals surface area contributed by atoms with Crippen LogP contribution < -0.4 is 5.73 Å². The van der Waals surface area contributed by atoms with E-state index >= 15 is 0 Å². The summed E-state index contributed by atoms with van der Waals surface area (Å²) in [6.45, 7) is 1.85. The summed E-state index contributed by atoms with van der Waals surface area (Å²) in [4.78, 5) is 1.09. The molecular formula is C12H19NO2S. The van der Waals surface area contributed by atoms with E-state index in [0.717, 1.165) is 16.9 Å². The fraction of sp³-hybridized carbons (Fsp3) is 0.500. The van der Waals surface area contributed by atoms with Crippen molar-refractivity contribution in [2.75, 3.05) is 12.4 Å². The summed E-state index contributed by atoms with van der Waals surface area (Å²) in [5, 5.41) is 18.1.